The van der Waals surface area contributed by atoms with E-state index in [1.165, 1.54) is 17.5 Å². The molecule has 0 saturated carbocycles. The Morgan fingerprint density at radius 3 is 2.46 bits per heavy atom. The molecule has 0 radical (unpaired) electrons. The molecular formula is C27H34F2N4O4. The van der Waals surface area contributed by atoms with Gasteiger partial charge in [-0.05, 0) is 48.6 Å². The van der Waals surface area contributed by atoms with E-state index in [0.717, 1.165) is 35.1 Å². The highest BCUT2D eigenvalue weighted by Gasteiger charge is 2.35. The van der Waals surface area contributed by atoms with Gasteiger partial charge in [-0.2, -0.15) is 0 Å². The molecule has 37 heavy (non-hydrogen) atoms. The number of carbonyl (C=O) groups is 3. The summed E-state index contributed by atoms with van der Waals surface area (Å²) in [5.41, 5.74) is 2.48. The lowest BCUT2D eigenvalue weighted by Gasteiger charge is -2.36. The summed E-state index contributed by atoms with van der Waals surface area (Å²) < 4.78 is 27.5. The molecule has 1 fully saturated rings. The molecule has 2 aromatic rings. The zero-order valence-electron chi connectivity index (χ0n) is 21.3. The molecule has 3 rings (SSSR count). The summed E-state index contributed by atoms with van der Waals surface area (Å²) in [6.45, 7) is 3.62. The second-order valence-corrected chi connectivity index (χ2v) is 9.40. The number of carbonyl (C=O) groups excluding carboxylic acids is 3. The smallest absolute Gasteiger partial charge is 0.246 e. The van der Waals surface area contributed by atoms with Gasteiger partial charge in [0, 0.05) is 26.2 Å². The lowest BCUT2D eigenvalue weighted by molar-refractivity contribution is -0.154. The first-order valence-corrected chi connectivity index (χ1v) is 12.3. The summed E-state index contributed by atoms with van der Waals surface area (Å²) in [6, 6.07) is 9.44. The number of likely N-dealkylation sites (N-methyl/N-ethyl adjacent to an activating group) is 1. The Labute approximate surface area is 215 Å². The van der Waals surface area contributed by atoms with E-state index in [0.29, 0.717) is 6.54 Å². The van der Waals surface area contributed by atoms with Crippen LogP contribution in [0.5, 0.6) is 0 Å². The average Bonchev–Trinajstić information content (AvgIpc) is 2.85. The van der Waals surface area contributed by atoms with E-state index >= 15 is 0 Å². The van der Waals surface area contributed by atoms with Gasteiger partial charge >= 0.3 is 0 Å². The van der Waals surface area contributed by atoms with Crippen LogP contribution in [0, 0.1) is 11.6 Å². The molecule has 0 aliphatic carbocycles. The Kier molecular flexibility index (Phi) is 9.71. The Bertz CT molecular complexity index is 1110. The summed E-state index contributed by atoms with van der Waals surface area (Å²) in [6.07, 6.45) is -0.247. The van der Waals surface area contributed by atoms with Crippen molar-refractivity contribution >= 4 is 17.7 Å². The largest absolute Gasteiger partial charge is 0.390 e. The number of nitrogens with one attached hydrogen (secondary N) is 2. The zero-order valence-corrected chi connectivity index (χ0v) is 21.3. The minimum atomic E-state index is -1.10. The van der Waals surface area contributed by atoms with Crippen LogP contribution in [0.25, 0.3) is 0 Å². The third-order valence-corrected chi connectivity index (χ3v) is 6.58. The van der Waals surface area contributed by atoms with E-state index in [1.54, 1.807) is 6.92 Å². The average molecular weight is 517 g/mol. The van der Waals surface area contributed by atoms with Gasteiger partial charge in [0.25, 0.3) is 0 Å². The van der Waals surface area contributed by atoms with Crippen molar-refractivity contribution in [2.45, 2.75) is 51.4 Å². The fraction of sp³-hybridized carbons (Fsp3) is 0.444. The molecule has 1 aliphatic heterocycles. The lowest BCUT2D eigenvalue weighted by Crippen LogP contribution is -2.60. The second-order valence-electron chi connectivity index (χ2n) is 9.40. The fourth-order valence-electron chi connectivity index (χ4n) is 4.29. The fourth-order valence-corrected chi connectivity index (χ4v) is 4.29. The maximum absolute atomic E-state index is 13.8. The molecule has 1 heterocycles. The quantitative estimate of drug-likeness (QED) is 0.419. The van der Waals surface area contributed by atoms with Crippen molar-refractivity contribution in [2.24, 2.45) is 0 Å². The van der Waals surface area contributed by atoms with Gasteiger partial charge in [0.05, 0.1) is 12.1 Å². The van der Waals surface area contributed by atoms with E-state index < -0.39 is 35.7 Å². The van der Waals surface area contributed by atoms with Gasteiger partial charge in [-0.3, -0.25) is 14.4 Å². The van der Waals surface area contributed by atoms with Crippen molar-refractivity contribution in [3.63, 3.8) is 0 Å². The van der Waals surface area contributed by atoms with E-state index in [1.807, 2.05) is 18.2 Å². The Hall–Kier alpha value is -3.37. The molecule has 0 aromatic heterocycles. The third-order valence-electron chi connectivity index (χ3n) is 6.58. The van der Waals surface area contributed by atoms with Crippen LogP contribution in [-0.4, -0.2) is 77.5 Å². The van der Waals surface area contributed by atoms with Crippen molar-refractivity contribution in [1.82, 2.24) is 20.4 Å². The van der Waals surface area contributed by atoms with Crippen LogP contribution in [0.2, 0.25) is 0 Å². The van der Waals surface area contributed by atoms with Crippen molar-refractivity contribution in [3.05, 3.63) is 70.8 Å². The molecule has 10 heteroatoms. The Morgan fingerprint density at radius 2 is 1.78 bits per heavy atom. The number of hydrogen-bond acceptors (Lipinski definition) is 5. The molecule has 3 amide bonds. The first-order valence-electron chi connectivity index (χ1n) is 12.3. The maximum Gasteiger partial charge on any atom is 0.246 e. The first-order chi connectivity index (χ1) is 17.6. The Balaban J connectivity index is 1.67. The SMILES string of the molecule is CCc1cccc(CNC[C@H](O)[C@H](Cc2cc(F)cc(F)c2)NC(=O)CN2CC(=O)N(C)[C@@H](C)C2=O)c1. The highest BCUT2D eigenvalue weighted by Crippen LogP contribution is 2.14. The topological polar surface area (TPSA) is 102 Å². The lowest BCUT2D eigenvalue weighted by atomic mass is 10.0. The van der Waals surface area contributed by atoms with Crippen molar-refractivity contribution < 1.29 is 28.3 Å². The predicted molar refractivity (Wildman–Crippen MR) is 134 cm³/mol. The molecule has 200 valence electrons. The highest BCUT2D eigenvalue weighted by atomic mass is 19.1. The number of amides is 3. The summed E-state index contributed by atoms with van der Waals surface area (Å²) in [5.74, 6) is -2.77. The number of rotatable bonds is 11. The molecule has 1 saturated heterocycles. The summed E-state index contributed by atoms with van der Waals surface area (Å²) in [4.78, 5) is 40.0. The summed E-state index contributed by atoms with van der Waals surface area (Å²) >= 11 is 0. The van der Waals surface area contributed by atoms with Gasteiger partial charge in [0.15, 0.2) is 0 Å². The van der Waals surface area contributed by atoms with E-state index in [4.69, 9.17) is 0 Å². The standard InChI is InChI=1S/C27H34F2N4O4/c1-4-18-6-5-7-19(8-18)13-30-14-24(34)23(11-20-9-21(28)12-22(29)10-20)31-25(35)15-33-16-26(36)32(3)17(2)27(33)37/h5-10,12,17,23-24,30,34H,4,11,13-16H2,1-3H3,(H,31,35)/t17-,23-,24-/m0/s1. The molecule has 8 nitrogen and oxygen atoms in total. The molecule has 3 atom stereocenters. The van der Waals surface area contributed by atoms with Gasteiger partial charge in [-0.1, -0.05) is 31.2 Å². The van der Waals surface area contributed by atoms with E-state index in [9.17, 15) is 28.3 Å². The van der Waals surface area contributed by atoms with Gasteiger partial charge in [-0.25, -0.2) is 8.78 Å². The minimum Gasteiger partial charge on any atom is -0.390 e. The number of aliphatic hydroxyl groups is 1. The van der Waals surface area contributed by atoms with Crippen LogP contribution in [0.1, 0.15) is 30.5 Å². The van der Waals surface area contributed by atoms with E-state index in [-0.39, 0.29) is 43.4 Å². The molecule has 1 aliphatic rings. The van der Waals surface area contributed by atoms with Crippen LogP contribution >= 0.6 is 0 Å². The predicted octanol–water partition coefficient (Wildman–Crippen LogP) is 1.39. The molecule has 0 unspecified atom stereocenters. The van der Waals surface area contributed by atoms with Crippen molar-refractivity contribution in [1.29, 1.82) is 0 Å². The molecule has 0 bridgehead atoms. The van der Waals surface area contributed by atoms with Crippen molar-refractivity contribution in [2.75, 3.05) is 26.7 Å². The van der Waals surface area contributed by atoms with Crippen LogP contribution in [0.4, 0.5) is 8.78 Å². The van der Waals surface area contributed by atoms with Crippen LogP contribution in [-0.2, 0) is 33.8 Å². The van der Waals surface area contributed by atoms with Crippen LogP contribution in [0.3, 0.4) is 0 Å². The number of piperazine rings is 1. The maximum atomic E-state index is 13.8. The monoisotopic (exact) mass is 516 g/mol. The minimum absolute atomic E-state index is 0.0411. The Morgan fingerprint density at radius 1 is 1.11 bits per heavy atom. The molecular weight excluding hydrogens is 482 g/mol. The number of benzene rings is 2. The highest BCUT2D eigenvalue weighted by molar-refractivity contribution is 5.96. The number of hydrogen-bond donors (Lipinski definition) is 3. The molecule has 0 spiro atoms. The molecule has 2 aromatic carbocycles. The number of aliphatic hydroxyl groups excluding tert-OH is 1. The normalized spacial score (nSPS) is 17.6. The van der Waals surface area contributed by atoms with Gasteiger partial charge in [0.2, 0.25) is 17.7 Å². The number of aryl methyl sites for hydroxylation is 1. The number of nitrogens with zero attached hydrogens (tertiary/aromatic N) is 2. The van der Waals surface area contributed by atoms with Crippen LogP contribution in [0.15, 0.2) is 42.5 Å². The third kappa shape index (κ3) is 7.80. The van der Waals surface area contributed by atoms with Crippen molar-refractivity contribution in [3.8, 4) is 0 Å². The molecule has 3 N–H and O–H groups in total. The zero-order chi connectivity index (χ0) is 27.1. The van der Waals surface area contributed by atoms with Gasteiger partial charge in [0.1, 0.15) is 30.8 Å². The number of halogens is 2. The van der Waals surface area contributed by atoms with Crippen LogP contribution < -0.4 is 10.6 Å². The first kappa shape index (κ1) is 28.2. The van der Waals surface area contributed by atoms with Gasteiger partial charge < -0.3 is 25.5 Å². The van der Waals surface area contributed by atoms with Gasteiger partial charge in [-0.15, -0.1) is 0 Å². The summed E-state index contributed by atoms with van der Waals surface area (Å²) in [5, 5.41) is 16.8. The summed E-state index contributed by atoms with van der Waals surface area (Å²) in [7, 11) is 1.53. The second kappa shape index (κ2) is 12.7. The van der Waals surface area contributed by atoms with E-state index in [2.05, 4.69) is 23.6 Å².